The second kappa shape index (κ2) is 6.10. The molecule has 106 valence electrons. The number of carbonyl (C=O) groups excluding carboxylic acids is 1. The molecule has 0 unspecified atom stereocenters. The summed E-state index contributed by atoms with van der Waals surface area (Å²) in [7, 11) is 3.39. The normalized spacial score (nSPS) is 10.3. The summed E-state index contributed by atoms with van der Waals surface area (Å²) in [5.74, 6) is 0.316. The van der Waals surface area contributed by atoms with E-state index in [4.69, 9.17) is 10.5 Å². The van der Waals surface area contributed by atoms with E-state index in [9.17, 15) is 4.79 Å². The molecule has 1 amide bonds. The SMILES string of the molecule is COc1ccc(N)cc1C(=O)NCCc1cnn(C)c1. The molecule has 0 bridgehead atoms. The van der Waals surface area contributed by atoms with Crippen LogP contribution in [-0.4, -0.2) is 29.3 Å². The van der Waals surface area contributed by atoms with Crippen molar-refractivity contribution in [1.29, 1.82) is 0 Å². The Kier molecular flexibility index (Phi) is 4.24. The van der Waals surface area contributed by atoms with Crippen LogP contribution < -0.4 is 15.8 Å². The van der Waals surface area contributed by atoms with Crippen LogP contribution in [0.1, 0.15) is 15.9 Å². The second-order valence-electron chi connectivity index (χ2n) is 4.49. The van der Waals surface area contributed by atoms with Crippen molar-refractivity contribution < 1.29 is 9.53 Å². The number of ether oxygens (including phenoxy) is 1. The van der Waals surface area contributed by atoms with Gasteiger partial charge in [0.2, 0.25) is 0 Å². The van der Waals surface area contributed by atoms with Crippen LogP contribution in [0.2, 0.25) is 0 Å². The molecule has 6 heteroatoms. The lowest BCUT2D eigenvalue weighted by atomic mass is 10.1. The van der Waals surface area contributed by atoms with Gasteiger partial charge < -0.3 is 15.8 Å². The molecule has 0 aliphatic heterocycles. The number of hydrogen-bond donors (Lipinski definition) is 2. The maximum absolute atomic E-state index is 12.1. The van der Waals surface area contributed by atoms with E-state index in [0.29, 0.717) is 23.5 Å². The highest BCUT2D eigenvalue weighted by Crippen LogP contribution is 2.20. The first-order valence-corrected chi connectivity index (χ1v) is 6.29. The van der Waals surface area contributed by atoms with Crippen molar-refractivity contribution >= 4 is 11.6 Å². The third-order valence-corrected chi connectivity index (χ3v) is 2.93. The van der Waals surface area contributed by atoms with E-state index in [1.54, 1.807) is 29.1 Å². The van der Waals surface area contributed by atoms with Crippen molar-refractivity contribution in [1.82, 2.24) is 15.1 Å². The summed E-state index contributed by atoms with van der Waals surface area (Å²) in [6.45, 7) is 0.530. The Bertz CT molecular complexity index is 607. The number of benzene rings is 1. The predicted molar refractivity (Wildman–Crippen MR) is 76.7 cm³/mol. The third-order valence-electron chi connectivity index (χ3n) is 2.93. The Hall–Kier alpha value is -2.50. The van der Waals surface area contributed by atoms with Crippen molar-refractivity contribution in [2.24, 2.45) is 7.05 Å². The smallest absolute Gasteiger partial charge is 0.255 e. The number of hydrogen-bond acceptors (Lipinski definition) is 4. The molecule has 0 spiro atoms. The minimum atomic E-state index is -0.196. The van der Waals surface area contributed by atoms with E-state index < -0.39 is 0 Å². The zero-order valence-corrected chi connectivity index (χ0v) is 11.6. The molecule has 1 heterocycles. The number of nitrogen functional groups attached to an aromatic ring is 1. The topological polar surface area (TPSA) is 82.2 Å². The van der Waals surface area contributed by atoms with E-state index in [0.717, 1.165) is 12.0 Å². The van der Waals surface area contributed by atoms with Gasteiger partial charge in [-0.2, -0.15) is 5.10 Å². The molecular formula is C14H18N4O2. The number of nitrogens with one attached hydrogen (secondary N) is 1. The number of nitrogens with zero attached hydrogens (tertiary/aromatic N) is 2. The van der Waals surface area contributed by atoms with Crippen molar-refractivity contribution in [2.45, 2.75) is 6.42 Å². The fourth-order valence-electron chi connectivity index (χ4n) is 1.92. The van der Waals surface area contributed by atoms with Crippen LogP contribution in [0, 0.1) is 0 Å². The number of aromatic nitrogens is 2. The van der Waals surface area contributed by atoms with E-state index in [2.05, 4.69) is 10.4 Å². The molecule has 1 aromatic heterocycles. The van der Waals surface area contributed by atoms with Crippen LogP contribution >= 0.6 is 0 Å². The van der Waals surface area contributed by atoms with Gasteiger partial charge in [0.1, 0.15) is 5.75 Å². The van der Waals surface area contributed by atoms with Crippen molar-refractivity contribution in [2.75, 3.05) is 19.4 Å². The lowest BCUT2D eigenvalue weighted by Crippen LogP contribution is -2.26. The minimum Gasteiger partial charge on any atom is -0.496 e. The van der Waals surface area contributed by atoms with Gasteiger partial charge in [0.25, 0.3) is 5.91 Å². The monoisotopic (exact) mass is 274 g/mol. The Balaban J connectivity index is 1.96. The molecule has 20 heavy (non-hydrogen) atoms. The molecule has 0 fully saturated rings. The molecule has 0 saturated heterocycles. The molecule has 0 saturated carbocycles. The molecule has 1 aromatic carbocycles. The van der Waals surface area contributed by atoms with E-state index in [1.165, 1.54) is 7.11 Å². The van der Waals surface area contributed by atoms with Gasteiger partial charge in [0, 0.05) is 25.5 Å². The van der Waals surface area contributed by atoms with E-state index in [1.807, 2.05) is 13.2 Å². The Labute approximate surface area is 117 Å². The average Bonchev–Trinajstić information content (AvgIpc) is 2.84. The van der Waals surface area contributed by atoms with Gasteiger partial charge in [-0.05, 0) is 30.2 Å². The van der Waals surface area contributed by atoms with Gasteiger partial charge in [-0.3, -0.25) is 9.48 Å². The van der Waals surface area contributed by atoms with Crippen LogP contribution in [0.15, 0.2) is 30.6 Å². The number of nitrogens with two attached hydrogens (primary N) is 1. The molecule has 0 atom stereocenters. The first kappa shape index (κ1) is 13.9. The molecular weight excluding hydrogens is 256 g/mol. The Morgan fingerprint density at radius 1 is 1.50 bits per heavy atom. The molecule has 0 aliphatic rings. The highest BCUT2D eigenvalue weighted by molar-refractivity contribution is 5.97. The van der Waals surface area contributed by atoms with Crippen LogP contribution in [0.3, 0.4) is 0 Å². The van der Waals surface area contributed by atoms with Crippen molar-refractivity contribution in [3.63, 3.8) is 0 Å². The average molecular weight is 274 g/mol. The maximum atomic E-state index is 12.1. The van der Waals surface area contributed by atoms with Crippen LogP contribution in [0.25, 0.3) is 0 Å². The number of anilines is 1. The predicted octanol–water partition coefficient (Wildman–Crippen LogP) is 0.983. The van der Waals surface area contributed by atoms with Gasteiger partial charge in [0.15, 0.2) is 0 Å². The summed E-state index contributed by atoms with van der Waals surface area (Å²) in [6, 6.07) is 4.99. The molecule has 0 aliphatic carbocycles. The Morgan fingerprint density at radius 2 is 2.30 bits per heavy atom. The molecule has 3 N–H and O–H groups in total. The number of rotatable bonds is 5. The summed E-state index contributed by atoms with van der Waals surface area (Å²) in [5, 5.41) is 6.93. The van der Waals surface area contributed by atoms with Crippen molar-refractivity contribution in [3.8, 4) is 5.75 Å². The highest BCUT2D eigenvalue weighted by atomic mass is 16.5. The van der Waals surface area contributed by atoms with E-state index >= 15 is 0 Å². The molecule has 0 radical (unpaired) electrons. The first-order chi connectivity index (χ1) is 9.60. The first-order valence-electron chi connectivity index (χ1n) is 6.29. The summed E-state index contributed by atoms with van der Waals surface area (Å²) in [5.41, 5.74) is 7.75. The largest absolute Gasteiger partial charge is 0.496 e. The third kappa shape index (κ3) is 3.28. The summed E-state index contributed by atoms with van der Waals surface area (Å²) >= 11 is 0. The standard InChI is InChI=1S/C14H18N4O2/c1-18-9-10(8-17-18)5-6-16-14(19)12-7-11(15)3-4-13(12)20-2/h3-4,7-9H,5-6,15H2,1-2H3,(H,16,19). The van der Waals surface area contributed by atoms with Gasteiger partial charge in [-0.25, -0.2) is 0 Å². The lowest BCUT2D eigenvalue weighted by Gasteiger charge is -2.09. The highest BCUT2D eigenvalue weighted by Gasteiger charge is 2.12. The number of methoxy groups -OCH3 is 1. The van der Waals surface area contributed by atoms with Crippen LogP contribution in [0.5, 0.6) is 5.75 Å². The number of carbonyl (C=O) groups is 1. The maximum Gasteiger partial charge on any atom is 0.255 e. The molecule has 2 rings (SSSR count). The number of aryl methyl sites for hydroxylation is 1. The van der Waals surface area contributed by atoms with Gasteiger partial charge in [0.05, 0.1) is 18.9 Å². The van der Waals surface area contributed by atoms with E-state index in [-0.39, 0.29) is 5.91 Å². The fraction of sp³-hybridized carbons (Fsp3) is 0.286. The second-order valence-corrected chi connectivity index (χ2v) is 4.49. The van der Waals surface area contributed by atoms with Crippen molar-refractivity contribution in [3.05, 3.63) is 41.7 Å². The summed E-state index contributed by atoms with van der Waals surface area (Å²) < 4.78 is 6.89. The fourth-order valence-corrected chi connectivity index (χ4v) is 1.92. The summed E-state index contributed by atoms with van der Waals surface area (Å²) in [4.78, 5) is 12.1. The zero-order valence-electron chi connectivity index (χ0n) is 11.6. The quantitative estimate of drug-likeness (QED) is 0.796. The Morgan fingerprint density at radius 3 is 2.95 bits per heavy atom. The van der Waals surface area contributed by atoms with Crippen LogP contribution in [0.4, 0.5) is 5.69 Å². The zero-order chi connectivity index (χ0) is 14.5. The van der Waals surface area contributed by atoms with Gasteiger partial charge in [-0.1, -0.05) is 0 Å². The van der Waals surface area contributed by atoms with Gasteiger partial charge >= 0.3 is 0 Å². The lowest BCUT2D eigenvalue weighted by molar-refractivity contribution is 0.0951. The summed E-state index contributed by atoms with van der Waals surface area (Å²) in [6.07, 6.45) is 4.44. The van der Waals surface area contributed by atoms with Crippen LogP contribution in [-0.2, 0) is 13.5 Å². The number of amides is 1. The minimum absolute atomic E-state index is 0.196. The molecule has 6 nitrogen and oxygen atoms in total. The van der Waals surface area contributed by atoms with Gasteiger partial charge in [-0.15, -0.1) is 0 Å². The molecule has 2 aromatic rings.